The standard InChI is InChI=1S/C18H32B3N3O3/c1-2-3-4-5-6-7-8-9-10-11-12-13-15(25)23-17(22)24(14-16(26)27)18(19,20)21/h2-14H2,1H3,(H,26,27)(H2,22,23,25). The van der Waals surface area contributed by atoms with Gasteiger partial charge in [-0.3, -0.25) is 20.3 Å². The van der Waals surface area contributed by atoms with Crippen LogP contribution >= 0.6 is 0 Å². The van der Waals surface area contributed by atoms with E-state index in [1.807, 2.05) is 0 Å². The first-order valence-corrected chi connectivity index (χ1v) is 9.93. The van der Waals surface area contributed by atoms with Gasteiger partial charge in [-0.15, -0.1) is 0 Å². The van der Waals surface area contributed by atoms with E-state index in [0.717, 1.165) is 12.8 Å². The maximum Gasteiger partial charge on any atom is 0.323 e. The largest absolute Gasteiger partial charge is 0.480 e. The van der Waals surface area contributed by atoms with Crippen LogP contribution in [0.3, 0.4) is 0 Å². The Morgan fingerprint density at radius 1 is 0.926 bits per heavy atom. The van der Waals surface area contributed by atoms with E-state index in [4.69, 9.17) is 34.1 Å². The zero-order valence-corrected chi connectivity index (χ0v) is 16.6. The van der Waals surface area contributed by atoms with Crippen molar-refractivity contribution in [3.63, 3.8) is 0 Å². The lowest BCUT2D eigenvalue weighted by atomic mass is 9.48. The van der Waals surface area contributed by atoms with Gasteiger partial charge in [-0.1, -0.05) is 76.4 Å². The number of nitrogens with zero attached hydrogens (tertiary/aromatic N) is 1. The number of guanidine groups is 1. The smallest absolute Gasteiger partial charge is 0.323 e. The van der Waals surface area contributed by atoms with Crippen LogP contribution in [0.1, 0.15) is 84.0 Å². The van der Waals surface area contributed by atoms with Crippen molar-refractivity contribution < 1.29 is 14.7 Å². The third-order valence-corrected chi connectivity index (χ3v) is 4.30. The molecule has 27 heavy (non-hydrogen) atoms. The van der Waals surface area contributed by atoms with Gasteiger partial charge in [0.1, 0.15) is 6.54 Å². The van der Waals surface area contributed by atoms with Crippen LogP contribution in [0.2, 0.25) is 0 Å². The fourth-order valence-corrected chi connectivity index (χ4v) is 2.76. The van der Waals surface area contributed by atoms with E-state index in [-0.39, 0.29) is 12.3 Å². The molecule has 3 N–H and O–H groups in total. The first-order valence-electron chi connectivity index (χ1n) is 9.93. The highest BCUT2D eigenvalue weighted by atomic mass is 16.4. The fourth-order valence-electron chi connectivity index (χ4n) is 2.76. The Bertz CT molecular complexity index is 457. The number of hydrogen-bond acceptors (Lipinski definition) is 3. The summed E-state index contributed by atoms with van der Waals surface area (Å²) in [6, 6.07) is 0. The van der Waals surface area contributed by atoms with Crippen molar-refractivity contribution in [2.75, 3.05) is 6.54 Å². The highest BCUT2D eigenvalue weighted by Gasteiger charge is 2.25. The van der Waals surface area contributed by atoms with Gasteiger partial charge < -0.3 is 10.0 Å². The number of rotatable bonds is 15. The monoisotopic (exact) mass is 371 g/mol. The van der Waals surface area contributed by atoms with Crippen molar-refractivity contribution in [3.8, 4) is 0 Å². The van der Waals surface area contributed by atoms with Crippen molar-refractivity contribution in [3.05, 3.63) is 0 Å². The first kappa shape index (κ1) is 25.6. The Hall–Kier alpha value is -1.40. The molecule has 0 atom stereocenters. The Kier molecular flexibility index (Phi) is 13.9. The van der Waals surface area contributed by atoms with Crippen LogP contribution in [0.5, 0.6) is 0 Å². The molecule has 0 rings (SSSR count). The lowest BCUT2D eigenvalue weighted by molar-refractivity contribution is -0.137. The minimum absolute atomic E-state index is 0.257. The predicted octanol–water partition coefficient (Wildman–Crippen LogP) is 2.24. The van der Waals surface area contributed by atoms with Gasteiger partial charge in [0.2, 0.25) is 5.91 Å². The third-order valence-electron chi connectivity index (χ3n) is 4.30. The molecule has 0 aromatic heterocycles. The minimum atomic E-state index is -2.04. The van der Waals surface area contributed by atoms with Gasteiger partial charge in [0.25, 0.3) is 0 Å². The molecular weight excluding hydrogens is 339 g/mol. The second kappa shape index (κ2) is 14.6. The summed E-state index contributed by atoms with van der Waals surface area (Å²) >= 11 is 0. The fraction of sp³-hybridized carbons (Fsp3) is 0.833. The molecule has 0 aliphatic carbocycles. The molecule has 0 saturated heterocycles. The average molecular weight is 371 g/mol. The van der Waals surface area contributed by atoms with E-state index >= 15 is 0 Å². The van der Waals surface area contributed by atoms with Crippen LogP contribution in [0.25, 0.3) is 0 Å². The van der Waals surface area contributed by atoms with Crippen molar-refractivity contribution in [2.24, 2.45) is 0 Å². The molecule has 1 amide bonds. The molecule has 0 heterocycles. The number of carboxylic acid groups (broad SMARTS) is 1. The summed E-state index contributed by atoms with van der Waals surface area (Å²) in [6.07, 6.45) is 13.3. The number of carbonyl (C=O) groups excluding carboxylic acids is 1. The Labute approximate surface area is 168 Å². The van der Waals surface area contributed by atoms with Crippen LogP contribution in [0.15, 0.2) is 0 Å². The first-order chi connectivity index (χ1) is 12.7. The van der Waals surface area contributed by atoms with Crippen LogP contribution in [-0.2, 0) is 9.59 Å². The van der Waals surface area contributed by atoms with Crippen molar-refractivity contribution in [1.29, 1.82) is 5.41 Å². The van der Waals surface area contributed by atoms with Gasteiger partial charge in [0.15, 0.2) is 5.96 Å². The molecule has 0 aliphatic heterocycles. The van der Waals surface area contributed by atoms with Crippen molar-refractivity contribution >= 4 is 41.4 Å². The summed E-state index contributed by atoms with van der Waals surface area (Å²) in [5, 5.41) is 16.8. The predicted molar refractivity (Wildman–Crippen MR) is 111 cm³/mol. The Morgan fingerprint density at radius 3 is 1.78 bits per heavy atom. The molecule has 0 spiro atoms. The van der Waals surface area contributed by atoms with E-state index in [1.165, 1.54) is 51.4 Å². The van der Waals surface area contributed by atoms with Crippen LogP contribution in [-0.4, -0.2) is 63.2 Å². The second-order valence-electron chi connectivity index (χ2n) is 7.05. The van der Waals surface area contributed by atoms with Crippen LogP contribution < -0.4 is 5.32 Å². The molecule has 0 aromatic rings. The molecule has 0 aliphatic rings. The summed E-state index contributed by atoms with van der Waals surface area (Å²) in [5.74, 6) is -2.15. The summed E-state index contributed by atoms with van der Waals surface area (Å²) < 4.78 is 0. The Morgan fingerprint density at radius 2 is 1.37 bits per heavy atom. The van der Waals surface area contributed by atoms with E-state index in [1.54, 1.807) is 0 Å². The van der Waals surface area contributed by atoms with E-state index in [0.29, 0.717) is 11.3 Å². The topological polar surface area (TPSA) is 93.5 Å². The molecule has 6 radical (unpaired) electrons. The van der Waals surface area contributed by atoms with Gasteiger partial charge in [-0.2, -0.15) is 0 Å². The number of unbranched alkanes of at least 4 members (excludes halogenated alkanes) is 10. The summed E-state index contributed by atoms with van der Waals surface area (Å²) in [7, 11) is 16.3. The van der Waals surface area contributed by atoms with Gasteiger partial charge in [-0.05, 0) is 6.42 Å². The van der Waals surface area contributed by atoms with Gasteiger partial charge in [0.05, 0.1) is 23.5 Å². The number of amides is 1. The summed E-state index contributed by atoms with van der Waals surface area (Å²) in [5.41, 5.74) is 0. The molecule has 6 nitrogen and oxygen atoms in total. The summed E-state index contributed by atoms with van der Waals surface area (Å²) in [4.78, 5) is 23.4. The molecule has 146 valence electrons. The lowest BCUT2D eigenvalue weighted by Gasteiger charge is -2.37. The van der Waals surface area contributed by atoms with Crippen LogP contribution in [0, 0.1) is 5.41 Å². The normalized spacial score (nSPS) is 11.1. The molecule has 0 saturated carbocycles. The second-order valence-corrected chi connectivity index (χ2v) is 7.05. The maximum atomic E-state index is 11.9. The molecule has 0 bridgehead atoms. The minimum Gasteiger partial charge on any atom is -0.480 e. The molecular formula is C18H32B3N3O3. The average Bonchev–Trinajstić information content (AvgIpc) is 2.56. The SMILES string of the molecule is [B]C([B])([B])N(CC(=O)O)C(=N)NC(=O)CCCCCCCCCCCCC. The summed E-state index contributed by atoms with van der Waals surface area (Å²) in [6.45, 7) is 1.54. The zero-order valence-electron chi connectivity index (χ0n) is 16.6. The molecule has 0 unspecified atom stereocenters. The van der Waals surface area contributed by atoms with Gasteiger partial charge >= 0.3 is 5.97 Å². The number of hydrogen-bond donors (Lipinski definition) is 3. The third kappa shape index (κ3) is 14.3. The van der Waals surface area contributed by atoms with Gasteiger partial charge in [0, 0.05) is 6.42 Å². The number of nitrogens with one attached hydrogen (secondary N) is 2. The number of carbonyl (C=O) groups is 2. The van der Waals surface area contributed by atoms with E-state index < -0.39 is 23.7 Å². The highest BCUT2D eigenvalue weighted by Crippen LogP contribution is 2.12. The number of aliphatic carboxylic acids is 1. The van der Waals surface area contributed by atoms with Crippen molar-refractivity contribution in [1.82, 2.24) is 10.2 Å². The molecule has 0 fully saturated rings. The Balaban J connectivity index is 3.84. The van der Waals surface area contributed by atoms with E-state index in [2.05, 4.69) is 12.2 Å². The quantitative estimate of drug-likeness (QED) is 0.178. The molecule has 9 heteroatoms. The van der Waals surface area contributed by atoms with Crippen molar-refractivity contribution in [2.45, 2.75) is 89.2 Å². The zero-order chi connectivity index (χ0) is 20.7. The molecule has 0 aromatic carbocycles. The van der Waals surface area contributed by atoms with Gasteiger partial charge in [-0.25, -0.2) is 0 Å². The van der Waals surface area contributed by atoms with E-state index in [9.17, 15) is 9.59 Å². The lowest BCUT2D eigenvalue weighted by Crippen LogP contribution is -2.59. The maximum absolute atomic E-state index is 11.9. The number of carboxylic acids is 1. The van der Waals surface area contributed by atoms with Crippen LogP contribution in [0.4, 0.5) is 0 Å². The highest BCUT2D eigenvalue weighted by molar-refractivity contribution is 6.59.